The molecule has 0 amide bonds. The summed E-state index contributed by atoms with van der Waals surface area (Å²) in [6, 6.07) is 1.03. The molecule has 0 spiro atoms. The third kappa shape index (κ3) is 3.49. The Morgan fingerprint density at radius 2 is 2.07 bits per heavy atom. The van der Waals surface area contributed by atoms with E-state index in [9.17, 15) is 17.6 Å². The standard InChI is InChI=1S/C7H5BrF4N2/c8-5-1-4(9)2-13-6(5)14-3-7(10,11)12/h1-2H,3H2,(H,13,14). The number of pyridine rings is 1. The molecule has 0 unspecified atom stereocenters. The summed E-state index contributed by atoms with van der Waals surface area (Å²) in [6.07, 6.45) is -3.49. The van der Waals surface area contributed by atoms with Crippen LogP contribution in [0.5, 0.6) is 0 Å². The summed E-state index contributed by atoms with van der Waals surface area (Å²) in [4.78, 5) is 3.45. The van der Waals surface area contributed by atoms with Crippen LogP contribution in [-0.4, -0.2) is 17.7 Å². The number of rotatable bonds is 2. The molecule has 0 aromatic carbocycles. The lowest BCUT2D eigenvalue weighted by atomic mass is 10.4. The number of hydrogen-bond acceptors (Lipinski definition) is 2. The topological polar surface area (TPSA) is 24.9 Å². The number of aromatic nitrogens is 1. The first-order valence-corrected chi connectivity index (χ1v) is 4.29. The van der Waals surface area contributed by atoms with E-state index in [2.05, 4.69) is 20.9 Å². The Hall–Kier alpha value is -0.850. The number of hydrogen-bond donors (Lipinski definition) is 1. The Morgan fingerprint density at radius 1 is 1.43 bits per heavy atom. The summed E-state index contributed by atoms with van der Waals surface area (Å²) in [5.74, 6) is -0.654. The molecule has 1 N–H and O–H groups in total. The molecule has 1 rings (SSSR count). The van der Waals surface area contributed by atoms with Crippen LogP contribution < -0.4 is 5.32 Å². The maximum Gasteiger partial charge on any atom is 0.405 e. The van der Waals surface area contributed by atoms with Crippen molar-refractivity contribution in [1.82, 2.24) is 4.98 Å². The molecule has 0 bridgehead atoms. The van der Waals surface area contributed by atoms with Gasteiger partial charge in [-0.1, -0.05) is 0 Å². The second-order valence-corrected chi connectivity index (χ2v) is 3.31. The number of alkyl halides is 3. The highest BCUT2D eigenvalue weighted by molar-refractivity contribution is 9.10. The van der Waals surface area contributed by atoms with Gasteiger partial charge in [0.25, 0.3) is 0 Å². The van der Waals surface area contributed by atoms with E-state index in [0.717, 1.165) is 12.3 Å². The van der Waals surface area contributed by atoms with Crippen LogP contribution in [0.15, 0.2) is 16.7 Å². The highest BCUT2D eigenvalue weighted by atomic mass is 79.9. The number of anilines is 1. The Balaban J connectivity index is 2.68. The molecule has 7 heteroatoms. The largest absolute Gasteiger partial charge is 0.405 e. The van der Waals surface area contributed by atoms with Gasteiger partial charge < -0.3 is 5.32 Å². The first-order chi connectivity index (χ1) is 6.38. The van der Waals surface area contributed by atoms with Crippen molar-refractivity contribution in [2.75, 3.05) is 11.9 Å². The van der Waals surface area contributed by atoms with Crippen molar-refractivity contribution in [3.63, 3.8) is 0 Å². The summed E-state index contributed by atoms with van der Waals surface area (Å²) in [5, 5.41) is 2.03. The molecule has 2 nitrogen and oxygen atoms in total. The summed E-state index contributed by atoms with van der Waals surface area (Å²) >= 11 is 2.88. The van der Waals surface area contributed by atoms with E-state index in [1.54, 1.807) is 0 Å². The van der Waals surface area contributed by atoms with Gasteiger partial charge in [0.15, 0.2) is 0 Å². The van der Waals surface area contributed by atoms with Gasteiger partial charge in [0.2, 0.25) is 0 Å². The molecule has 0 saturated carbocycles. The third-order valence-electron chi connectivity index (χ3n) is 1.26. The minimum absolute atomic E-state index is 0.0382. The van der Waals surface area contributed by atoms with Crippen molar-refractivity contribution >= 4 is 21.7 Å². The molecular weight excluding hydrogens is 268 g/mol. The van der Waals surface area contributed by atoms with E-state index in [0.29, 0.717) is 0 Å². The predicted molar refractivity (Wildman–Crippen MR) is 46.4 cm³/mol. The normalized spacial score (nSPS) is 11.5. The zero-order chi connectivity index (χ0) is 10.8. The molecule has 0 radical (unpaired) electrons. The highest BCUT2D eigenvalue weighted by Crippen LogP contribution is 2.22. The van der Waals surface area contributed by atoms with Crippen LogP contribution in [0.2, 0.25) is 0 Å². The zero-order valence-corrected chi connectivity index (χ0v) is 8.28. The fraction of sp³-hybridized carbons (Fsp3) is 0.286. The number of halogens is 5. The van der Waals surface area contributed by atoms with Crippen LogP contribution >= 0.6 is 15.9 Å². The Morgan fingerprint density at radius 3 is 2.57 bits per heavy atom. The van der Waals surface area contributed by atoms with Crippen molar-refractivity contribution in [2.45, 2.75) is 6.18 Å². The fourth-order valence-corrected chi connectivity index (χ4v) is 1.19. The van der Waals surface area contributed by atoms with Crippen LogP contribution in [0.1, 0.15) is 0 Å². The van der Waals surface area contributed by atoms with Crippen LogP contribution in [0.25, 0.3) is 0 Å². The Labute approximate surface area is 85.5 Å². The van der Waals surface area contributed by atoms with Gasteiger partial charge in [0.05, 0.1) is 10.7 Å². The molecule has 0 aliphatic heterocycles. The molecule has 0 fully saturated rings. The highest BCUT2D eigenvalue weighted by Gasteiger charge is 2.27. The lowest BCUT2D eigenvalue weighted by molar-refractivity contribution is -0.115. The number of nitrogens with zero attached hydrogens (tertiary/aromatic N) is 1. The molecule has 0 aliphatic carbocycles. The molecule has 1 aromatic rings. The van der Waals surface area contributed by atoms with Gasteiger partial charge in [-0.2, -0.15) is 13.2 Å². The van der Waals surface area contributed by atoms with Gasteiger partial charge >= 0.3 is 6.18 Å². The Bertz CT molecular complexity index is 326. The molecule has 0 saturated heterocycles. The van der Waals surface area contributed by atoms with E-state index in [1.165, 1.54) is 0 Å². The minimum Gasteiger partial charge on any atom is -0.360 e. The van der Waals surface area contributed by atoms with Crippen molar-refractivity contribution in [1.29, 1.82) is 0 Å². The summed E-state index contributed by atoms with van der Waals surface area (Å²) < 4.78 is 48.0. The van der Waals surface area contributed by atoms with Gasteiger partial charge in [-0.15, -0.1) is 0 Å². The van der Waals surface area contributed by atoms with Gasteiger partial charge in [-0.3, -0.25) is 0 Å². The summed E-state index contributed by atoms with van der Waals surface area (Å²) in [5.41, 5.74) is 0. The van der Waals surface area contributed by atoms with Gasteiger partial charge in [0, 0.05) is 0 Å². The molecule has 0 aliphatic rings. The maximum absolute atomic E-state index is 12.5. The molecule has 0 atom stereocenters. The van der Waals surface area contributed by atoms with E-state index in [1.807, 2.05) is 5.32 Å². The quantitative estimate of drug-likeness (QED) is 0.838. The molecule has 14 heavy (non-hydrogen) atoms. The van der Waals surface area contributed by atoms with Crippen LogP contribution in [0, 0.1) is 5.82 Å². The minimum atomic E-state index is -4.32. The van der Waals surface area contributed by atoms with Gasteiger partial charge in [0.1, 0.15) is 18.2 Å². The Kier molecular flexibility index (Phi) is 3.30. The first-order valence-electron chi connectivity index (χ1n) is 3.50. The van der Waals surface area contributed by atoms with Gasteiger partial charge in [-0.25, -0.2) is 9.37 Å². The smallest absolute Gasteiger partial charge is 0.360 e. The van der Waals surface area contributed by atoms with E-state index < -0.39 is 18.5 Å². The molecule has 1 heterocycles. The lowest BCUT2D eigenvalue weighted by Crippen LogP contribution is -2.22. The third-order valence-corrected chi connectivity index (χ3v) is 1.87. The average molecular weight is 273 g/mol. The first kappa shape index (κ1) is 11.2. The van der Waals surface area contributed by atoms with E-state index in [-0.39, 0.29) is 10.3 Å². The van der Waals surface area contributed by atoms with Crippen LogP contribution in [0.4, 0.5) is 23.4 Å². The van der Waals surface area contributed by atoms with Crippen molar-refractivity contribution < 1.29 is 17.6 Å². The number of nitrogens with one attached hydrogen (secondary N) is 1. The predicted octanol–water partition coefficient (Wildman–Crippen LogP) is 2.96. The fourth-order valence-electron chi connectivity index (χ4n) is 0.729. The lowest BCUT2D eigenvalue weighted by Gasteiger charge is -2.09. The summed E-state index contributed by atoms with van der Waals surface area (Å²) in [6.45, 7) is -1.20. The SMILES string of the molecule is Fc1cnc(NCC(F)(F)F)c(Br)c1. The second-order valence-electron chi connectivity index (χ2n) is 2.45. The molecule has 78 valence electrons. The molecule has 1 aromatic heterocycles. The van der Waals surface area contributed by atoms with Crippen molar-refractivity contribution in [2.24, 2.45) is 0 Å². The van der Waals surface area contributed by atoms with Crippen molar-refractivity contribution in [3.05, 3.63) is 22.6 Å². The zero-order valence-electron chi connectivity index (χ0n) is 6.70. The van der Waals surface area contributed by atoms with Gasteiger partial charge in [-0.05, 0) is 22.0 Å². The van der Waals surface area contributed by atoms with E-state index in [4.69, 9.17) is 0 Å². The second kappa shape index (κ2) is 4.12. The van der Waals surface area contributed by atoms with Crippen LogP contribution in [-0.2, 0) is 0 Å². The maximum atomic E-state index is 12.5. The van der Waals surface area contributed by atoms with Crippen LogP contribution in [0.3, 0.4) is 0 Å². The monoisotopic (exact) mass is 272 g/mol. The summed E-state index contributed by atoms with van der Waals surface area (Å²) in [7, 11) is 0. The molecular formula is C7H5BrF4N2. The van der Waals surface area contributed by atoms with E-state index >= 15 is 0 Å². The average Bonchev–Trinajstić information content (AvgIpc) is 2.00. The van der Waals surface area contributed by atoms with Crippen molar-refractivity contribution in [3.8, 4) is 0 Å².